The summed E-state index contributed by atoms with van der Waals surface area (Å²) in [6.45, 7) is 1.25. The molecule has 138 valence electrons. The lowest BCUT2D eigenvalue weighted by atomic mass is 10.2. The Morgan fingerprint density at radius 3 is 2.44 bits per heavy atom. The molecule has 8 heteroatoms. The molecule has 0 aromatic heterocycles. The Kier molecular flexibility index (Phi) is 6.95. The highest BCUT2D eigenvalue weighted by molar-refractivity contribution is 7.89. The van der Waals surface area contributed by atoms with E-state index in [1.54, 1.807) is 12.1 Å². The Bertz CT molecular complexity index is 710. The van der Waals surface area contributed by atoms with Crippen molar-refractivity contribution in [3.8, 4) is 0 Å². The molecule has 0 radical (unpaired) electrons. The Morgan fingerprint density at radius 1 is 1.12 bits per heavy atom. The van der Waals surface area contributed by atoms with Crippen LogP contribution in [0.2, 0.25) is 0 Å². The van der Waals surface area contributed by atoms with Gasteiger partial charge >= 0.3 is 5.97 Å². The summed E-state index contributed by atoms with van der Waals surface area (Å²) in [5.41, 5.74) is 0.256. The van der Waals surface area contributed by atoms with Crippen molar-refractivity contribution < 1.29 is 23.1 Å². The number of carboxylic acid groups (broad SMARTS) is 1. The number of sulfonamides is 1. The molecule has 1 heterocycles. The van der Waals surface area contributed by atoms with Crippen LogP contribution in [-0.2, 0) is 14.8 Å². The number of amides is 1. The largest absolute Gasteiger partial charge is 0.481 e. The number of nitrogens with one attached hydrogen (secondary N) is 1. The number of aliphatic carboxylic acids is 1. The summed E-state index contributed by atoms with van der Waals surface area (Å²) >= 11 is 0. The van der Waals surface area contributed by atoms with E-state index in [1.807, 2.05) is 0 Å². The number of carbonyl (C=O) groups excluding carboxylic acids is 1. The van der Waals surface area contributed by atoms with E-state index in [0.717, 1.165) is 25.7 Å². The normalized spacial score (nSPS) is 16.2. The van der Waals surface area contributed by atoms with E-state index in [2.05, 4.69) is 5.32 Å². The third kappa shape index (κ3) is 5.54. The van der Waals surface area contributed by atoms with Crippen molar-refractivity contribution in [2.75, 3.05) is 19.6 Å². The van der Waals surface area contributed by atoms with Gasteiger partial charge in [0.1, 0.15) is 0 Å². The first-order chi connectivity index (χ1) is 11.9. The van der Waals surface area contributed by atoms with Crippen LogP contribution in [0.5, 0.6) is 0 Å². The fraction of sp³-hybridized carbons (Fsp3) is 0.529. The summed E-state index contributed by atoms with van der Waals surface area (Å²) in [5.74, 6) is -1.32. The van der Waals surface area contributed by atoms with Crippen molar-refractivity contribution in [1.82, 2.24) is 9.62 Å². The molecule has 0 atom stereocenters. The summed E-state index contributed by atoms with van der Waals surface area (Å²) < 4.78 is 27.0. The summed E-state index contributed by atoms with van der Waals surface area (Å²) in [5, 5.41) is 11.2. The van der Waals surface area contributed by atoms with Gasteiger partial charge in [0.25, 0.3) is 5.91 Å². The molecular formula is C17H24N2O5S. The number of rotatable bonds is 7. The van der Waals surface area contributed by atoms with Gasteiger partial charge < -0.3 is 10.4 Å². The topological polar surface area (TPSA) is 104 Å². The van der Waals surface area contributed by atoms with E-state index in [1.165, 1.54) is 16.4 Å². The number of hydrogen-bond donors (Lipinski definition) is 2. The maximum absolute atomic E-state index is 12.8. The third-order valence-electron chi connectivity index (χ3n) is 4.15. The van der Waals surface area contributed by atoms with Crippen molar-refractivity contribution in [3.05, 3.63) is 29.8 Å². The molecule has 0 unspecified atom stereocenters. The van der Waals surface area contributed by atoms with Gasteiger partial charge in [0.15, 0.2) is 0 Å². The van der Waals surface area contributed by atoms with Crippen LogP contribution in [0.4, 0.5) is 0 Å². The zero-order valence-corrected chi connectivity index (χ0v) is 14.9. The maximum Gasteiger partial charge on any atom is 0.303 e. The molecule has 1 aromatic rings. The molecule has 1 aromatic carbocycles. The minimum atomic E-state index is -3.60. The van der Waals surface area contributed by atoms with Crippen molar-refractivity contribution in [3.63, 3.8) is 0 Å². The zero-order valence-electron chi connectivity index (χ0n) is 14.1. The van der Waals surface area contributed by atoms with Gasteiger partial charge in [-0.3, -0.25) is 9.59 Å². The molecule has 0 saturated carbocycles. The molecule has 0 spiro atoms. The SMILES string of the molecule is O=C(O)CCCNC(=O)c1cccc(S(=O)(=O)N2CCCCCC2)c1. The summed E-state index contributed by atoms with van der Waals surface area (Å²) in [4.78, 5) is 22.7. The molecule has 25 heavy (non-hydrogen) atoms. The first-order valence-electron chi connectivity index (χ1n) is 8.51. The van der Waals surface area contributed by atoms with E-state index >= 15 is 0 Å². The molecule has 7 nitrogen and oxygen atoms in total. The number of carbonyl (C=O) groups is 2. The number of benzene rings is 1. The fourth-order valence-electron chi connectivity index (χ4n) is 2.77. The van der Waals surface area contributed by atoms with Gasteiger partial charge in [-0.25, -0.2) is 8.42 Å². The second kappa shape index (κ2) is 8.96. The summed E-state index contributed by atoms with van der Waals surface area (Å²) in [6, 6.07) is 5.99. The van der Waals surface area contributed by atoms with Crippen LogP contribution in [0.25, 0.3) is 0 Å². The van der Waals surface area contributed by atoms with E-state index < -0.39 is 21.9 Å². The lowest BCUT2D eigenvalue weighted by Gasteiger charge is -2.20. The molecule has 1 saturated heterocycles. The molecule has 2 N–H and O–H groups in total. The van der Waals surface area contributed by atoms with Gasteiger partial charge in [0.05, 0.1) is 4.90 Å². The first kappa shape index (κ1) is 19.4. The second-order valence-electron chi connectivity index (χ2n) is 6.10. The third-order valence-corrected chi connectivity index (χ3v) is 6.05. The van der Waals surface area contributed by atoms with Gasteiger partial charge in [-0.15, -0.1) is 0 Å². The summed E-state index contributed by atoms with van der Waals surface area (Å²) in [6.07, 6.45) is 4.07. The predicted octanol–water partition coefficient (Wildman–Crippen LogP) is 1.85. The van der Waals surface area contributed by atoms with Gasteiger partial charge in [0, 0.05) is 31.6 Å². The Morgan fingerprint density at radius 2 is 1.80 bits per heavy atom. The van der Waals surface area contributed by atoms with Gasteiger partial charge in [-0.2, -0.15) is 4.31 Å². The monoisotopic (exact) mass is 368 g/mol. The van der Waals surface area contributed by atoms with Crippen molar-refractivity contribution in [2.24, 2.45) is 0 Å². The average Bonchev–Trinajstić information content (AvgIpc) is 2.88. The Balaban J connectivity index is 2.06. The lowest BCUT2D eigenvalue weighted by Crippen LogP contribution is -2.32. The molecule has 2 rings (SSSR count). The zero-order chi connectivity index (χ0) is 18.3. The van der Waals surface area contributed by atoms with Gasteiger partial charge in [-0.05, 0) is 37.5 Å². The molecule has 0 aliphatic carbocycles. The predicted molar refractivity (Wildman–Crippen MR) is 92.9 cm³/mol. The second-order valence-corrected chi connectivity index (χ2v) is 8.04. The number of carboxylic acids is 1. The first-order valence-corrected chi connectivity index (χ1v) is 9.95. The Hall–Kier alpha value is -1.93. The van der Waals surface area contributed by atoms with E-state index in [9.17, 15) is 18.0 Å². The van der Waals surface area contributed by atoms with E-state index in [0.29, 0.717) is 19.5 Å². The maximum atomic E-state index is 12.8. The van der Waals surface area contributed by atoms with Crippen LogP contribution in [0.1, 0.15) is 48.9 Å². The molecule has 1 aliphatic rings. The van der Waals surface area contributed by atoms with E-state index in [4.69, 9.17) is 5.11 Å². The highest BCUT2D eigenvalue weighted by Gasteiger charge is 2.25. The van der Waals surface area contributed by atoms with Gasteiger partial charge in [-0.1, -0.05) is 18.9 Å². The number of hydrogen-bond acceptors (Lipinski definition) is 4. The lowest BCUT2D eigenvalue weighted by molar-refractivity contribution is -0.137. The van der Waals surface area contributed by atoms with Crippen molar-refractivity contribution in [1.29, 1.82) is 0 Å². The molecular weight excluding hydrogens is 344 g/mol. The molecule has 1 aliphatic heterocycles. The number of nitrogens with zero attached hydrogens (tertiary/aromatic N) is 1. The molecule has 1 fully saturated rings. The molecule has 1 amide bonds. The minimum absolute atomic E-state index is 0.0241. The van der Waals surface area contributed by atoms with Crippen LogP contribution < -0.4 is 5.32 Å². The summed E-state index contributed by atoms with van der Waals surface area (Å²) in [7, 11) is -3.60. The van der Waals surface area contributed by atoms with Crippen LogP contribution in [-0.4, -0.2) is 49.3 Å². The van der Waals surface area contributed by atoms with Crippen LogP contribution in [0, 0.1) is 0 Å². The highest BCUT2D eigenvalue weighted by Crippen LogP contribution is 2.21. The average molecular weight is 368 g/mol. The van der Waals surface area contributed by atoms with Crippen LogP contribution in [0.3, 0.4) is 0 Å². The molecule has 0 bridgehead atoms. The highest BCUT2D eigenvalue weighted by atomic mass is 32.2. The van der Waals surface area contributed by atoms with Crippen LogP contribution >= 0.6 is 0 Å². The van der Waals surface area contributed by atoms with Crippen LogP contribution in [0.15, 0.2) is 29.2 Å². The Labute approximate surface area is 148 Å². The van der Waals surface area contributed by atoms with E-state index in [-0.39, 0.29) is 23.4 Å². The minimum Gasteiger partial charge on any atom is -0.481 e. The van der Waals surface area contributed by atoms with Gasteiger partial charge in [0.2, 0.25) is 10.0 Å². The standard InChI is InChI=1S/C17H24N2O5S/c20-16(21)9-6-10-18-17(22)14-7-5-8-15(13-14)25(23,24)19-11-3-1-2-4-12-19/h5,7-8,13H,1-4,6,9-12H2,(H,18,22)(H,20,21). The quantitative estimate of drug-likeness (QED) is 0.715. The van der Waals surface area contributed by atoms with Crippen molar-refractivity contribution in [2.45, 2.75) is 43.4 Å². The van der Waals surface area contributed by atoms with Crippen molar-refractivity contribution >= 4 is 21.9 Å². The smallest absolute Gasteiger partial charge is 0.303 e. The fourth-order valence-corrected chi connectivity index (χ4v) is 4.34.